The lowest BCUT2D eigenvalue weighted by Crippen LogP contribution is -2.21. The summed E-state index contributed by atoms with van der Waals surface area (Å²) in [6.45, 7) is 2.14. The summed E-state index contributed by atoms with van der Waals surface area (Å²) < 4.78 is 0. The highest BCUT2D eigenvalue weighted by Crippen LogP contribution is 2.29. The minimum absolute atomic E-state index is 0.0312. The molecule has 1 aromatic carbocycles. The van der Waals surface area contributed by atoms with Crippen LogP contribution in [0.15, 0.2) is 34.2 Å². The van der Waals surface area contributed by atoms with E-state index in [4.69, 9.17) is 0 Å². The normalized spacial score (nSPS) is 23.2. The number of thioether (sulfide) groups is 1. The molecule has 3 nitrogen and oxygen atoms in total. The van der Waals surface area contributed by atoms with Crippen molar-refractivity contribution in [2.45, 2.75) is 45.1 Å². The molecule has 0 spiro atoms. The minimum atomic E-state index is -0.0312. The van der Waals surface area contributed by atoms with Crippen molar-refractivity contribution in [3.63, 3.8) is 0 Å². The summed E-state index contributed by atoms with van der Waals surface area (Å²) in [6.07, 6.45) is 7.79. The molecule has 2 aliphatic rings. The monoisotopic (exact) mass is 300 g/mol. The number of aliphatic imine (C=N–C) groups is 1. The van der Waals surface area contributed by atoms with E-state index in [0.717, 1.165) is 34.9 Å². The third-order valence-corrected chi connectivity index (χ3v) is 4.89. The number of hydrogen-bond donors (Lipinski definition) is 1. The zero-order chi connectivity index (χ0) is 14.7. The maximum atomic E-state index is 12.0. The number of nitrogens with one attached hydrogen (secondary N) is 1. The maximum Gasteiger partial charge on any atom is 0.264 e. The van der Waals surface area contributed by atoms with Gasteiger partial charge in [0.25, 0.3) is 5.91 Å². The molecule has 1 aliphatic heterocycles. The lowest BCUT2D eigenvalue weighted by molar-refractivity contribution is -0.115. The third-order valence-electron chi connectivity index (χ3n) is 3.96. The van der Waals surface area contributed by atoms with Crippen LogP contribution in [0, 0.1) is 0 Å². The lowest BCUT2D eigenvalue weighted by atomic mass is 10.1. The zero-order valence-electron chi connectivity index (χ0n) is 12.3. The Morgan fingerprint density at radius 3 is 2.67 bits per heavy atom. The van der Waals surface area contributed by atoms with Crippen molar-refractivity contribution >= 4 is 28.9 Å². The van der Waals surface area contributed by atoms with E-state index in [2.05, 4.69) is 41.5 Å². The van der Waals surface area contributed by atoms with Crippen molar-refractivity contribution in [2.75, 3.05) is 0 Å². The smallest absolute Gasteiger partial charge is 0.264 e. The Balaban J connectivity index is 1.72. The van der Waals surface area contributed by atoms with Crippen LogP contribution in [0.4, 0.5) is 0 Å². The van der Waals surface area contributed by atoms with Crippen LogP contribution < -0.4 is 5.32 Å². The Morgan fingerprint density at radius 2 is 2.00 bits per heavy atom. The average molecular weight is 300 g/mol. The highest BCUT2D eigenvalue weighted by Gasteiger charge is 2.25. The number of carbonyl (C=O) groups excluding carboxylic acids is 1. The molecule has 1 aliphatic carbocycles. The summed E-state index contributed by atoms with van der Waals surface area (Å²) in [4.78, 5) is 17.4. The molecule has 1 heterocycles. The Labute approximate surface area is 129 Å². The van der Waals surface area contributed by atoms with E-state index < -0.39 is 0 Å². The molecule has 0 radical (unpaired) electrons. The summed E-state index contributed by atoms with van der Waals surface area (Å²) in [6, 6.07) is 8.74. The molecule has 0 unspecified atom stereocenters. The van der Waals surface area contributed by atoms with Crippen molar-refractivity contribution in [1.29, 1.82) is 0 Å². The third kappa shape index (κ3) is 3.56. The Kier molecular flexibility index (Phi) is 4.44. The van der Waals surface area contributed by atoms with Crippen LogP contribution in [0.5, 0.6) is 0 Å². The van der Waals surface area contributed by atoms with E-state index in [9.17, 15) is 4.79 Å². The van der Waals surface area contributed by atoms with Gasteiger partial charge < -0.3 is 5.32 Å². The van der Waals surface area contributed by atoms with Crippen LogP contribution in [0.2, 0.25) is 0 Å². The number of amides is 1. The second-order valence-corrected chi connectivity index (χ2v) is 6.56. The maximum absolute atomic E-state index is 12.0. The molecule has 2 fully saturated rings. The molecule has 110 valence electrons. The summed E-state index contributed by atoms with van der Waals surface area (Å²) in [5.41, 5.74) is 2.37. The zero-order valence-corrected chi connectivity index (χ0v) is 13.1. The van der Waals surface area contributed by atoms with Gasteiger partial charge in [-0.15, -0.1) is 0 Å². The molecular formula is C17H20N2OS. The molecule has 0 bridgehead atoms. The largest absolute Gasteiger partial charge is 0.301 e. The first kappa shape index (κ1) is 14.4. The van der Waals surface area contributed by atoms with E-state index in [-0.39, 0.29) is 5.91 Å². The molecule has 4 heteroatoms. The van der Waals surface area contributed by atoms with Crippen molar-refractivity contribution in [2.24, 2.45) is 4.99 Å². The van der Waals surface area contributed by atoms with Gasteiger partial charge >= 0.3 is 0 Å². The molecule has 1 amide bonds. The quantitative estimate of drug-likeness (QED) is 0.864. The van der Waals surface area contributed by atoms with E-state index in [0.29, 0.717) is 6.04 Å². The van der Waals surface area contributed by atoms with Gasteiger partial charge in [0.2, 0.25) is 0 Å². The van der Waals surface area contributed by atoms with Gasteiger partial charge in [-0.3, -0.25) is 9.79 Å². The minimum Gasteiger partial charge on any atom is -0.301 e. The van der Waals surface area contributed by atoms with E-state index in [1.807, 2.05) is 6.08 Å². The number of aryl methyl sites for hydroxylation is 1. The molecule has 21 heavy (non-hydrogen) atoms. The molecule has 1 saturated carbocycles. The second kappa shape index (κ2) is 6.48. The topological polar surface area (TPSA) is 41.5 Å². The van der Waals surface area contributed by atoms with E-state index in [1.54, 1.807) is 0 Å². The van der Waals surface area contributed by atoms with Gasteiger partial charge in [-0.25, -0.2) is 0 Å². The summed E-state index contributed by atoms with van der Waals surface area (Å²) in [7, 11) is 0. The fourth-order valence-corrected chi connectivity index (χ4v) is 3.58. The number of nitrogens with zero attached hydrogens (tertiary/aromatic N) is 1. The highest BCUT2D eigenvalue weighted by molar-refractivity contribution is 8.18. The van der Waals surface area contributed by atoms with Gasteiger partial charge in [-0.1, -0.05) is 44.0 Å². The van der Waals surface area contributed by atoms with E-state index >= 15 is 0 Å². The summed E-state index contributed by atoms with van der Waals surface area (Å²) >= 11 is 1.46. The predicted octanol–water partition coefficient (Wildman–Crippen LogP) is 3.75. The fourth-order valence-electron chi connectivity index (χ4n) is 2.69. The van der Waals surface area contributed by atoms with Crippen LogP contribution in [0.3, 0.4) is 0 Å². The van der Waals surface area contributed by atoms with Gasteiger partial charge in [0.05, 0.1) is 10.9 Å². The Morgan fingerprint density at radius 1 is 1.29 bits per heavy atom. The standard InChI is InChI=1S/C17H20N2OS/c1-2-12-7-9-13(10-8-12)11-15-16(20)19-17(21-15)18-14-5-3-4-6-14/h7-11,14H,2-6H2,1H3,(H,18,19,20)/b15-11-. The number of amidine groups is 1. The average Bonchev–Trinajstić information content (AvgIpc) is 3.11. The van der Waals surface area contributed by atoms with E-state index in [1.165, 1.54) is 30.2 Å². The molecule has 0 aromatic heterocycles. The summed E-state index contributed by atoms with van der Waals surface area (Å²) in [5, 5.41) is 3.65. The number of carbonyl (C=O) groups is 1. The first-order valence-electron chi connectivity index (χ1n) is 7.62. The van der Waals surface area contributed by atoms with Crippen molar-refractivity contribution in [3.05, 3.63) is 40.3 Å². The molecule has 1 aromatic rings. The fraction of sp³-hybridized carbons (Fsp3) is 0.412. The Bertz CT molecular complexity index is 583. The van der Waals surface area contributed by atoms with Crippen LogP contribution in [-0.2, 0) is 11.2 Å². The molecule has 0 atom stereocenters. The van der Waals surface area contributed by atoms with Gasteiger partial charge in [-0.2, -0.15) is 0 Å². The second-order valence-electron chi connectivity index (χ2n) is 5.53. The highest BCUT2D eigenvalue weighted by atomic mass is 32.2. The van der Waals surface area contributed by atoms with Crippen molar-refractivity contribution in [3.8, 4) is 0 Å². The van der Waals surface area contributed by atoms with Gasteiger partial charge in [0.15, 0.2) is 5.17 Å². The summed E-state index contributed by atoms with van der Waals surface area (Å²) in [5.74, 6) is -0.0312. The molecule has 3 rings (SSSR count). The molecule has 1 N–H and O–H groups in total. The molecule has 1 saturated heterocycles. The molecular weight excluding hydrogens is 280 g/mol. The Hall–Kier alpha value is -1.55. The van der Waals surface area contributed by atoms with Gasteiger partial charge in [-0.05, 0) is 48.2 Å². The first-order valence-corrected chi connectivity index (χ1v) is 8.44. The van der Waals surface area contributed by atoms with Crippen molar-refractivity contribution < 1.29 is 4.79 Å². The lowest BCUT2D eigenvalue weighted by Gasteiger charge is -2.02. The predicted molar refractivity (Wildman–Crippen MR) is 89.2 cm³/mol. The number of hydrogen-bond acceptors (Lipinski definition) is 3. The van der Waals surface area contributed by atoms with Crippen LogP contribution in [0.1, 0.15) is 43.7 Å². The number of benzene rings is 1. The van der Waals surface area contributed by atoms with Crippen LogP contribution >= 0.6 is 11.8 Å². The first-order chi connectivity index (χ1) is 10.2. The van der Waals surface area contributed by atoms with Crippen molar-refractivity contribution in [1.82, 2.24) is 5.32 Å². The van der Waals surface area contributed by atoms with Crippen LogP contribution in [0.25, 0.3) is 6.08 Å². The van der Waals surface area contributed by atoms with Gasteiger partial charge in [0.1, 0.15) is 0 Å². The van der Waals surface area contributed by atoms with Gasteiger partial charge in [0, 0.05) is 0 Å². The SMILES string of the molecule is CCc1ccc(/C=C2\SC(=NC3CCCC3)NC2=O)cc1. The van der Waals surface area contributed by atoms with Crippen LogP contribution in [-0.4, -0.2) is 17.1 Å². The number of rotatable bonds is 3.